The van der Waals surface area contributed by atoms with Crippen LogP contribution in [0.25, 0.3) is 0 Å². The minimum Gasteiger partial charge on any atom is -0.481 e. The summed E-state index contributed by atoms with van der Waals surface area (Å²) in [6.07, 6.45) is -1.04. The van der Waals surface area contributed by atoms with E-state index in [-0.39, 0.29) is 17.5 Å². The molecule has 0 fully saturated rings. The number of carbonyl (C=O) groups excluding carboxylic acids is 1. The molecule has 2 aromatic heterocycles. The van der Waals surface area contributed by atoms with Gasteiger partial charge in [0.1, 0.15) is 18.0 Å². The number of methoxy groups -OCH3 is 1. The molecule has 2 aromatic rings. The van der Waals surface area contributed by atoms with E-state index in [4.69, 9.17) is 4.74 Å². The Morgan fingerprint density at radius 1 is 1.35 bits per heavy atom. The summed E-state index contributed by atoms with van der Waals surface area (Å²) in [5.41, 5.74) is 0. The van der Waals surface area contributed by atoms with Crippen molar-refractivity contribution in [2.75, 3.05) is 12.4 Å². The number of imidazole rings is 1. The number of nitrogens with one attached hydrogen (secondary N) is 2. The number of urea groups is 1. The topological polar surface area (TPSA) is 94.0 Å². The van der Waals surface area contributed by atoms with E-state index in [1.54, 1.807) is 0 Å². The first-order valence-electron chi connectivity index (χ1n) is 6.28. The highest BCUT2D eigenvalue weighted by Crippen LogP contribution is 2.31. The Labute approximate surface area is 128 Å². The highest BCUT2D eigenvalue weighted by Gasteiger charge is 2.44. The molecule has 2 amide bonds. The van der Waals surface area contributed by atoms with Crippen LogP contribution in [-0.2, 0) is 7.05 Å². The quantitative estimate of drug-likeness (QED) is 0.889. The minimum atomic E-state index is -4.71. The van der Waals surface area contributed by atoms with Crippen molar-refractivity contribution < 1.29 is 22.7 Å². The summed E-state index contributed by atoms with van der Waals surface area (Å²) in [4.78, 5) is 22.9. The van der Waals surface area contributed by atoms with Gasteiger partial charge in [-0.2, -0.15) is 13.2 Å². The van der Waals surface area contributed by atoms with Crippen LogP contribution in [0.2, 0.25) is 0 Å². The second-order valence-electron chi connectivity index (χ2n) is 4.42. The van der Waals surface area contributed by atoms with Gasteiger partial charge in [0.05, 0.1) is 7.11 Å². The van der Waals surface area contributed by atoms with Crippen LogP contribution in [0.5, 0.6) is 5.88 Å². The molecule has 2 rings (SSSR count). The number of nitrogens with zero attached hydrogens (tertiary/aromatic N) is 4. The van der Waals surface area contributed by atoms with Crippen molar-refractivity contribution in [1.29, 1.82) is 0 Å². The first-order valence-corrected chi connectivity index (χ1v) is 6.28. The molecule has 124 valence electrons. The molecule has 0 aromatic carbocycles. The van der Waals surface area contributed by atoms with Gasteiger partial charge in [-0.25, -0.2) is 19.7 Å². The first-order chi connectivity index (χ1) is 10.8. The summed E-state index contributed by atoms with van der Waals surface area (Å²) >= 11 is 0. The molecule has 2 heterocycles. The van der Waals surface area contributed by atoms with Crippen molar-refractivity contribution in [3.8, 4) is 5.88 Å². The minimum absolute atomic E-state index is 0.00452. The average Bonchev–Trinajstić information content (AvgIpc) is 2.89. The molecule has 0 spiro atoms. The number of ether oxygens (including phenoxy) is 1. The molecule has 8 nitrogen and oxygen atoms in total. The number of carbonyl (C=O) groups is 1. The van der Waals surface area contributed by atoms with E-state index < -0.39 is 18.2 Å². The van der Waals surface area contributed by atoms with Crippen molar-refractivity contribution in [3.05, 3.63) is 30.6 Å². The van der Waals surface area contributed by atoms with Gasteiger partial charge in [0.25, 0.3) is 0 Å². The number of alkyl halides is 3. The molecular formula is C12H13F3N6O2. The Bertz CT molecular complexity index is 687. The van der Waals surface area contributed by atoms with Gasteiger partial charge < -0.3 is 14.6 Å². The van der Waals surface area contributed by atoms with Crippen LogP contribution in [0.3, 0.4) is 0 Å². The van der Waals surface area contributed by atoms with Crippen LogP contribution in [0.1, 0.15) is 11.9 Å². The number of halogens is 3. The molecule has 0 bridgehead atoms. The van der Waals surface area contributed by atoms with Gasteiger partial charge in [-0.1, -0.05) is 0 Å². The van der Waals surface area contributed by atoms with E-state index in [0.29, 0.717) is 0 Å². The summed E-state index contributed by atoms with van der Waals surface area (Å²) in [6.45, 7) is 0. The number of hydrogen-bond acceptors (Lipinski definition) is 5. The van der Waals surface area contributed by atoms with E-state index in [0.717, 1.165) is 6.33 Å². The summed E-state index contributed by atoms with van der Waals surface area (Å²) in [6, 6.07) is -2.08. The zero-order valence-corrected chi connectivity index (χ0v) is 12.1. The fourth-order valence-corrected chi connectivity index (χ4v) is 1.75. The van der Waals surface area contributed by atoms with E-state index >= 15 is 0 Å². The maximum Gasteiger partial charge on any atom is 0.416 e. The van der Waals surface area contributed by atoms with Crippen LogP contribution in [0.15, 0.2) is 24.8 Å². The van der Waals surface area contributed by atoms with Crippen LogP contribution in [0.4, 0.5) is 23.8 Å². The SMILES string of the molecule is COc1cc(NC(=O)NC(c2nccn2C)C(F)(F)F)ncn1. The second kappa shape index (κ2) is 6.50. The smallest absolute Gasteiger partial charge is 0.416 e. The monoisotopic (exact) mass is 330 g/mol. The molecule has 0 radical (unpaired) electrons. The van der Waals surface area contributed by atoms with Crippen molar-refractivity contribution in [3.63, 3.8) is 0 Å². The Kier molecular flexibility index (Phi) is 4.67. The lowest BCUT2D eigenvalue weighted by Gasteiger charge is -2.21. The zero-order chi connectivity index (χ0) is 17.0. The lowest BCUT2D eigenvalue weighted by molar-refractivity contribution is -0.156. The summed E-state index contributed by atoms with van der Waals surface area (Å²) in [5.74, 6) is -0.185. The van der Waals surface area contributed by atoms with Gasteiger partial charge in [0, 0.05) is 25.5 Å². The Morgan fingerprint density at radius 2 is 2.09 bits per heavy atom. The highest BCUT2D eigenvalue weighted by atomic mass is 19.4. The lowest BCUT2D eigenvalue weighted by Crippen LogP contribution is -2.41. The molecule has 0 aliphatic rings. The van der Waals surface area contributed by atoms with Crippen molar-refractivity contribution in [2.45, 2.75) is 12.2 Å². The van der Waals surface area contributed by atoms with Gasteiger partial charge in [-0.3, -0.25) is 5.32 Å². The molecule has 0 saturated carbocycles. The fraction of sp³-hybridized carbons (Fsp3) is 0.333. The Hall–Kier alpha value is -2.85. The van der Waals surface area contributed by atoms with Crippen LogP contribution in [0, 0.1) is 0 Å². The predicted octanol–water partition coefficient (Wildman–Crippen LogP) is 1.64. The third kappa shape index (κ3) is 4.08. The number of aromatic nitrogens is 4. The molecule has 1 unspecified atom stereocenters. The average molecular weight is 330 g/mol. The van der Waals surface area contributed by atoms with Gasteiger partial charge in [-0.05, 0) is 0 Å². The zero-order valence-electron chi connectivity index (χ0n) is 12.1. The normalized spacial score (nSPS) is 12.6. The molecule has 11 heteroatoms. The standard InChI is InChI=1S/C12H13F3N6O2/c1-21-4-3-16-10(21)9(12(13,14)15)20-11(22)19-7-5-8(23-2)18-6-17-7/h3-6,9H,1-2H3,(H2,17,18,19,20,22). The van der Waals surface area contributed by atoms with E-state index in [2.05, 4.69) is 20.3 Å². The van der Waals surface area contributed by atoms with Crippen molar-refractivity contribution in [1.82, 2.24) is 24.8 Å². The lowest BCUT2D eigenvalue weighted by atomic mass is 10.2. The predicted molar refractivity (Wildman–Crippen MR) is 72.7 cm³/mol. The Balaban J connectivity index is 2.13. The number of aryl methyl sites for hydroxylation is 1. The molecule has 0 aliphatic heterocycles. The van der Waals surface area contributed by atoms with Crippen molar-refractivity contribution >= 4 is 11.8 Å². The summed E-state index contributed by atoms with van der Waals surface area (Å²) in [7, 11) is 2.75. The van der Waals surface area contributed by atoms with Gasteiger partial charge in [0.2, 0.25) is 5.88 Å². The summed E-state index contributed by atoms with van der Waals surface area (Å²) in [5, 5.41) is 4.01. The maximum absolute atomic E-state index is 13.1. The molecule has 23 heavy (non-hydrogen) atoms. The van der Waals surface area contributed by atoms with Crippen LogP contribution in [-0.4, -0.2) is 38.8 Å². The number of amides is 2. The molecule has 2 N–H and O–H groups in total. The fourth-order valence-electron chi connectivity index (χ4n) is 1.75. The van der Waals surface area contributed by atoms with Gasteiger partial charge in [-0.15, -0.1) is 0 Å². The van der Waals surface area contributed by atoms with Crippen LogP contribution >= 0.6 is 0 Å². The molecule has 0 aliphatic carbocycles. The number of anilines is 1. The van der Waals surface area contributed by atoms with Crippen LogP contribution < -0.4 is 15.4 Å². The largest absolute Gasteiger partial charge is 0.481 e. The highest BCUT2D eigenvalue weighted by molar-refractivity contribution is 5.88. The van der Waals surface area contributed by atoms with Crippen molar-refractivity contribution in [2.24, 2.45) is 7.05 Å². The van der Waals surface area contributed by atoms with E-state index in [1.165, 1.54) is 37.2 Å². The third-order valence-electron chi connectivity index (χ3n) is 2.81. The molecular weight excluding hydrogens is 317 g/mol. The summed E-state index contributed by atoms with van der Waals surface area (Å²) < 4.78 is 45.4. The Morgan fingerprint density at radius 3 is 2.65 bits per heavy atom. The van der Waals surface area contributed by atoms with Gasteiger partial charge in [0.15, 0.2) is 6.04 Å². The third-order valence-corrected chi connectivity index (χ3v) is 2.81. The molecule has 0 saturated heterocycles. The maximum atomic E-state index is 13.1. The van der Waals surface area contributed by atoms with E-state index in [9.17, 15) is 18.0 Å². The van der Waals surface area contributed by atoms with Gasteiger partial charge >= 0.3 is 12.2 Å². The van der Waals surface area contributed by atoms with E-state index in [1.807, 2.05) is 5.32 Å². The number of rotatable bonds is 4. The number of hydrogen-bond donors (Lipinski definition) is 2. The second-order valence-corrected chi connectivity index (χ2v) is 4.42. The molecule has 1 atom stereocenters. The first kappa shape index (κ1) is 16.5.